The molecule has 0 saturated carbocycles. The van der Waals surface area contributed by atoms with Gasteiger partial charge in [-0.25, -0.2) is 0 Å². The zero-order valence-corrected chi connectivity index (χ0v) is 17.3. The van der Waals surface area contributed by atoms with Crippen LogP contribution in [0.5, 0.6) is 5.75 Å². The van der Waals surface area contributed by atoms with Gasteiger partial charge in [0.05, 0.1) is 8.48 Å². The molecule has 1 aliphatic heterocycles. The largest absolute Gasteiger partial charge is 0.487 e. The maximum atomic E-state index is 11.8. The van der Waals surface area contributed by atoms with Gasteiger partial charge in [0.15, 0.2) is 0 Å². The smallest absolute Gasteiger partial charge is 0.290 e. The number of halogens is 2. The Hall–Kier alpha value is -1.07. The summed E-state index contributed by atoms with van der Waals surface area (Å²) in [6.45, 7) is 0.436. The van der Waals surface area contributed by atoms with Crippen LogP contribution in [0.3, 0.4) is 0 Å². The summed E-state index contributed by atoms with van der Waals surface area (Å²) >= 11 is 5.34. The average molecular weight is 563 g/mol. The number of imide groups is 1. The zero-order chi connectivity index (χ0) is 17.1. The van der Waals surface area contributed by atoms with Crippen LogP contribution < -0.4 is 10.1 Å². The summed E-state index contributed by atoms with van der Waals surface area (Å²) in [6.07, 6.45) is 1.70. The highest BCUT2D eigenvalue weighted by atomic mass is 127. The van der Waals surface area contributed by atoms with Gasteiger partial charge in [-0.1, -0.05) is 30.3 Å². The van der Waals surface area contributed by atoms with Gasteiger partial charge in [-0.05, 0) is 80.7 Å². The standard InChI is InChI=1S/C17H11I2NO3S/c18-12-6-11(7-14-16(21)20-17(22)24-14)15(13(19)8-12)23-9-10-4-2-1-3-5-10/h1-8H,9H2,(H,20,21,22)/b14-7+. The van der Waals surface area contributed by atoms with Crippen molar-refractivity contribution >= 4 is 74.2 Å². The van der Waals surface area contributed by atoms with Crippen LogP contribution in [0, 0.1) is 7.14 Å². The summed E-state index contributed by atoms with van der Waals surface area (Å²) in [6, 6.07) is 13.8. The lowest BCUT2D eigenvalue weighted by atomic mass is 10.2. The van der Waals surface area contributed by atoms with E-state index in [-0.39, 0.29) is 11.1 Å². The van der Waals surface area contributed by atoms with Crippen molar-refractivity contribution in [1.29, 1.82) is 0 Å². The molecule has 1 saturated heterocycles. The molecule has 1 N–H and O–H groups in total. The van der Waals surface area contributed by atoms with E-state index in [1.807, 2.05) is 42.5 Å². The van der Waals surface area contributed by atoms with Gasteiger partial charge in [-0.15, -0.1) is 0 Å². The number of hydrogen-bond acceptors (Lipinski definition) is 4. The number of amides is 2. The second kappa shape index (κ2) is 7.87. The van der Waals surface area contributed by atoms with Crippen molar-refractivity contribution < 1.29 is 14.3 Å². The van der Waals surface area contributed by atoms with E-state index >= 15 is 0 Å². The van der Waals surface area contributed by atoms with Gasteiger partial charge >= 0.3 is 0 Å². The number of rotatable bonds is 4. The molecule has 24 heavy (non-hydrogen) atoms. The topological polar surface area (TPSA) is 55.4 Å². The predicted molar refractivity (Wildman–Crippen MR) is 112 cm³/mol. The molecular weight excluding hydrogens is 552 g/mol. The Labute approximate surface area is 170 Å². The lowest BCUT2D eigenvalue weighted by molar-refractivity contribution is -0.115. The van der Waals surface area contributed by atoms with Crippen molar-refractivity contribution in [2.24, 2.45) is 0 Å². The van der Waals surface area contributed by atoms with Gasteiger partial charge in [-0.3, -0.25) is 14.9 Å². The maximum Gasteiger partial charge on any atom is 0.290 e. The fourth-order valence-corrected chi connectivity index (χ4v) is 4.85. The minimum absolute atomic E-state index is 0.349. The van der Waals surface area contributed by atoms with E-state index in [2.05, 4.69) is 50.5 Å². The van der Waals surface area contributed by atoms with Crippen molar-refractivity contribution in [2.75, 3.05) is 0 Å². The molecule has 0 atom stereocenters. The third kappa shape index (κ3) is 4.31. The van der Waals surface area contributed by atoms with Gasteiger partial charge < -0.3 is 4.74 Å². The van der Waals surface area contributed by atoms with Crippen LogP contribution >= 0.6 is 56.9 Å². The molecule has 2 aromatic rings. The maximum absolute atomic E-state index is 11.8. The van der Waals surface area contributed by atoms with Crippen molar-refractivity contribution in [1.82, 2.24) is 5.32 Å². The Balaban J connectivity index is 1.92. The van der Waals surface area contributed by atoms with E-state index in [9.17, 15) is 9.59 Å². The van der Waals surface area contributed by atoms with E-state index in [1.165, 1.54) is 0 Å². The predicted octanol–water partition coefficient (Wildman–Crippen LogP) is 4.80. The third-order valence-corrected chi connectivity index (χ3v) is 5.43. The third-order valence-electron chi connectivity index (χ3n) is 3.19. The number of benzene rings is 2. The Morgan fingerprint density at radius 2 is 1.88 bits per heavy atom. The molecule has 0 aliphatic carbocycles. The second-order valence-corrected chi connectivity index (χ2v) is 8.36. The number of thioether (sulfide) groups is 1. The molecule has 3 rings (SSSR count). The minimum atomic E-state index is -0.368. The van der Waals surface area contributed by atoms with Crippen LogP contribution in [0.25, 0.3) is 6.08 Å². The Kier molecular flexibility index (Phi) is 5.82. The second-order valence-electron chi connectivity index (χ2n) is 4.93. The van der Waals surface area contributed by atoms with Crippen molar-refractivity contribution in [3.05, 3.63) is 65.6 Å². The zero-order valence-electron chi connectivity index (χ0n) is 12.2. The van der Waals surface area contributed by atoms with E-state index in [0.717, 1.165) is 30.0 Å². The van der Waals surface area contributed by atoms with Gasteiger partial charge in [0.1, 0.15) is 12.4 Å². The normalized spacial score (nSPS) is 15.7. The fraction of sp³-hybridized carbons (Fsp3) is 0.0588. The van der Waals surface area contributed by atoms with Gasteiger partial charge in [-0.2, -0.15) is 0 Å². The summed E-state index contributed by atoms with van der Waals surface area (Å²) < 4.78 is 7.99. The van der Waals surface area contributed by atoms with Gasteiger partial charge in [0.2, 0.25) is 0 Å². The molecule has 4 nitrogen and oxygen atoms in total. The monoisotopic (exact) mass is 563 g/mol. The SMILES string of the molecule is O=C1NC(=O)/C(=C\c2cc(I)cc(I)c2OCc2ccccc2)S1. The number of ether oxygens (including phenoxy) is 1. The summed E-state index contributed by atoms with van der Waals surface area (Å²) in [5.74, 6) is 0.341. The summed E-state index contributed by atoms with van der Waals surface area (Å²) in [5, 5.41) is 1.92. The molecule has 122 valence electrons. The van der Waals surface area contributed by atoms with Crippen LogP contribution in [0.15, 0.2) is 47.4 Å². The first-order valence-electron chi connectivity index (χ1n) is 6.93. The molecule has 1 heterocycles. The first-order valence-corrected chi connectivity index (χ1v) is 9.91. The first kappa shape index (κ1) is 17.7. The summed E-state index contributed by atoms with van der Waals surface area (Å²) in [5.41, 5.74) is 1.85. The summed E-state index contributed by atoms with van der Waals surface area (Å²) in [4.78, 5) is 23.5. The molecule has 0 spiro atoms. The highest BCUT2D eigenvalue weighted by molar-refractivity contribution is 14.1. The van der Waals surface area contributed by atoms with Crippen LogP contribution in [-0.4, -0.2) is 11.1 Å². The number of carbonyl (C=O) groups excluding carboxylic acids is 2. The quantitative estimate of drug-likeness (QED) is 0.430. The van der Waals surface area contributed by atoms with Crippen LogP contribution in [0.4, 0.5) is 4.79 Å². The molecule has 0 unspecified atom stereocenters. The van der Waals surface area contributed by atoms with Crippen LogP contribution in [-0.2, 0) is 11.4 Å². The fourth-order valence-electron chi connectivity index (χ4n) is 2.13. The molecular formula is C17H11I2NO3S. The van der Waals surface area contributed by atoms with Gasteiger partial charge in [0.25, 0.3) is 11.1 Å². The molecule has 2 aromatic carbocycles. The molecule has 1 fully saturated rings. The van der Waals surface area contributed by atoms with E-state index in [1.54, 1.807) is 6.08 Å². The lowest BCUT2D eigenvalue weighted by Gasteiger charge is -2.12. The molecule has 0 bridgehead atoms. The summed E-state index contributed by atoms with van der Waals surface area (Å²) in [7, 11) is 0. The number of carbonyl (C=O) groups is 2. The van der Waals surface area contributed by atoms with Crippen molar-refractivity contribution in [2.45, 2.75) is 6.61 Å². The molecule has 1 aliphatic rings. The molecule has 2 amide bonds. The van der Waals surface area contributed by atoms with Crippen LogP contribution in [0.2, 0.25) is 0 Å². The van der Waals surface area contributed by atoms with Gasteiger partial charge in [0, 0.05) is 9.13 Å². The first-order chi connectivity index (χ1) is 11.5. The van der Waals surface area contributed by atoms with Crippen LogP contribution in [0.1, 0.15) is 11.1 Å². The van der Waals surface area contributed by atoms with E-state index in [0.29, 0.717) is 17.3 Å². The van der Waals surface area contributed by atoms with Crippen molar-refractivity contribution in [3.8, 4) is 5.75 Å². The molecule has 0 radical (unpaired) electrons. The lowest BCUT2D eigenvalue weighted by Crippen LogP contribution is -2.17. The Bertz CT molecular complexity index is 837. The minimum Gasteiger partial charge on any atom is -0.487 e. The highest BCUT2D eigenvalue weighted by Gasteiger charge is 2.25. The van der Waals surface area contributed by atoms with Crippen molar-refractivity contribution in [3.63, 3.8) is 0 Å². The van der Waals surface area contributed by atoms with E-state index in [4.69, 9.17) is 4.74 Å². The molecule has 0 aromatic heterocycles. The molecule has 7 heteroatoms. The Morgan fingerprint density at radius 3 is 2.54 bits per heavy atom. The number of nitrogens with one attached hydrogen (secondary N) is 1. The average Bonchev–Trinajstić information content (AvgIpc) is 2.85. The highest BCUT2D eigenvalue weighted by Crippen LogP contribution is 2.34. The number of hydrogen-bond donors (Lipinski definition) is 1. The Morgan fingerprint density at radius 1 is 1.12 bits per heavy atom. The van der Waals surface area contributed by atoms with E-state index < -0.39 is 0 Å².